The molecule has 0 aliphatic carbocycles. The highest BCUT2D eigenvalue weighted by molar-refractivity contribution is 5.97. The maximum Gasteiger partial charge on any atom is 0.251 e. The summed E-state index contributed by atoms with van der Waals surface area (Å²) in [5.41, 5.74) is 2.25. The molecule has 0 aliphatic rings. The second kappa shape index (κ2) is 20.6. The van der Waals surface area contributed by atoms with Crippen LogP contribution in [-0.2, 0) is 41.9 Å². The van der Waals surface area contributed by atoms with Crippen LogP contribution < -0.4 is 42.5 Å². The van der Waals surface area contributed by atoms with E-state index < -0.39 is 47.3 Å². The summed E-state index contributed by atoms with van der Waals surface area (Å²) < 4.78 is 0. The molecule has 0 unspecified atom stereocenters. The molecule has 0 saturated carbocycles. The molecule has 0 fully saturated rings. The fourth-order valence-corrected chi connectivity index (χ4v) is 4.05. The number of benzene rings is 3. The number of hydrogen-bond acceptors (Lipinski definition) is 8. The van der Waals surface area contributed by atoms with Crippen LogP contribution in [0.1, 0.15) is 31.8 Å². The van der Waals surface area contributed by atoms with Crippen molar-refractivity contribution in [3.8, 4) is 0 Å². The predicted octanol–water partition coefficient (Wildman–Crippen LogP) is -1.76. The van der Waals surface area contributed by atoms with Crippen molar-refractivity contribution >= 4 is 47.3 Å². The van der Waals surface area contributed by atoms with Crippen molar-refractivity contribution in [2.75, 3.05) is 39.3 Å². The van der Waals surface area contributed by atoms with E-state index in [1.165, 1.54) is 0 Å². The minimum atomic E-state index is -0.592. The van der Waals surface area contributed by atoms with Gasteiger partial charge in [-0.3, -0.25) is 38.4 Å². The SMILES string of the molecule is O=C(CNC(=O)CNC(=O)c1ccccc1)NCC(=O)NCc1cccc(CNC(=O)CNC(=O)CNC(=O)CNC(=O)c2ccccc2)c1. The van der Waals surface area contributed by atoms with E-state index in [0.717, 1.165) is 11.1 Å². The molecular formula is C34H38N8O8. The van der Waals surface area contributed by atoms with Gasteiger partial charge in [-0.15, -0.1) is 0 Å². The standard InChI is InChI=1S/C34H38N8O8/c43-27(17-37-29(45)19-39-31(47)21-41-33(49)25-10-3-1-4-11-25)35-15-23-8-7-9-24(14-23)16-36-28(44)18-38-30(46)20-40-32(48)22-42-34(50)26-12-5-2-6-13-26/h1-14H,15-22H2,(H,35,43)(H,36,44)(H,37,45)(H,38,46)(H,39,47)(H,40,48)(H,41,49)(H,42,50). The van der Waals surface area contributed by atoms with Crippen molar-refractivity contribution < 1.29 is 38.4 Å². The Bertz CT molecular complexity index is 1550. The van der Waals surface area contributed by atoms with E-state index in [2.05, 4.69) is 42.5 Å². The lowest BCUT2D eigenvalue weighted by Crippen LogP contribution is -2.44. The summed E-state index contributed by atoms with van der Waals surface area (Å²) in [6.07, 6.45) is 0. The van der Waals surface area contributed by atoms with E-state index in [4.69, 9.17) is 0 Å². The third kappa shape index (κ3) is 14.9. The van der Waals surface area contributed by atoms with E-state index in [9.17, 15) is 38.4 Å². The summed E-state index contributed by atoms with van der Waals surface area (Å²) in [6, 6.07) is 23.7. The molecule has 16 nitrogen and oxygen atoms in total. The summed E-state index contributed by atoms with van der Waals surface area (Å²) in [5.74, 6) is -4.12. The Labute approximate surface area is 287 Å². The first-order valence-corrected chi connectivity index (χ1v) is 15.4. The van der Waals surface area contributed by atoms with Gasteiger partial charge in [0.25, 0.3) is 11.8 Å². The molecule has 0 atom stereocenters. The van der Waals surface area contributed by atoms with Gasteiger partial charge in [0.1, 0.15) is 0 Å². The monoisotopic (exact) mass is 686 g/mol. The molecule has 0 heterocycles. The van der Waals surface area contributed by atoms with Gasteiger partial charge >= 0.3 is 0 Å². The molecule has 0 saturated heterocycles. The molecule has 0 bridgehead atoms. The van der Waals surface area contributed by atoms with Gasteiger partial charge in [-0.2, -0.15) is 0 Å². The smallest absolute Gasteiger partial charge is 0.251 e. The molecule has 8 amide bonds. The van der Waals surface area contributed by atoms with Crippen LogP contribution in [0, 0.1) is 0 Å². The van der Waals surface area contributed by atoms with Crippen molar-refractivity contribution in [2.45, 2.75) is 13.1 Å². The van der Waals surface area contributed by atoms with Crippen LogP contribution in [0.15, 0.2) is 84.9 Å². The molecular weight excluding hydrogens is 648 g/mol. The van der Waals surface area contributed by atoms with Gasteiger partial charge in [-0.05, 0) is 35.4 Å². The van der Waals surface area contributed by atoms with Crippen LogP contribution in [0.5, 0.6) is 0 Å². The highest BCUT2D eigenvalue weighted by Crippen LogP contribution is 2.05. The molecule has 16 heteroatoms. The maximum absolute atomic E-state index is 12.2. The Hall–Kier alpha value is -6.58. The van der Waals surface area contributed by atoms with Crippen LogP contribution in [-0.4, -0.2) is 86.5 Å². The van der Waals surface area contributed by atoms with Crippen LogP contribution in [0.4, 0.5) is 0 Å². The van der Waals surface area contributed by atoms with Gasteiger partial charge in [0.05, 0.1) is 39.3 Å². The molecule has 3 rings (SSSR count). The van der Waals surface area contributed by atoms with E-state index in [-0.39, 0.29) is 52.4 Å². The second-order valence-corrected chi connectivity index (χ2v) is 10.6. The third-order valence-electron chi connectivity index (χ3n) is 6.65. The van der Waals surface area contributed by atoms with Gasteiger partial charge < -0.3 is 42.5 Å². The minimum absolute atomic E-state index is 0.145. The number of nitrogens with one attached hydrogen (secondary N) is 8. The largest absolute Gasteiger partial charge is 0.350 e. The quantitative estimate of drug-likeness (QED) is 0.0762. The number of rotatable bonds is 18. The Morgan fingerprint density at radius 2 is 0.640 bits per heavy atom. The van der Waals surface area contributed by atoms with Gasteiger partial charge in [-0.1, -0.05) is 60.7 Å². The zero-order valence-electron chi connectivity index (χ0n) is 27.0. The van der Waals surface area contributed by atoms with Crippen molar-refractivity contribution in [1.29, 1.82) is 0 Å². The molecule has 8 N–H and O–H groups in total. The molecule has 0 radical (unpaired) electrons. The normalized spacial score (nSPS) is 10.1. The van der Waals surface area contributed by atoms with Crippen LogP contribution >= 0.6 is 0 Å². The predicted molar refractivity (Wildman–Crippen MR) is 180 cm³/mol. The zero-order chi connectivity index (χ0) is 36.1. The highest BCUT2D eigenvalue weighted by Gasteiger charge is 2.12. The first kappa shape index (κ1) is 37.9. The topological polar surface area (TPSA) is 233 Å². The van der Waals surface area contributed by atoms with E-state index in [0.29, 0.717) is 11.1 Å². The molecule has 0 aromatic heterocycles. The summed E-state index contributed by atoms with van der Waals surface area (Å²) >= 11 is 0. The number of amides is 8. The Balaban J connectivity index is 1.24. The van der Waals surface area contributed by atoms with Crippen LogP contribution in [0.2, 0.25) is 0 Å². The second-order valence-electron chi connectivity index (χ2n) is 10.6. The fourth-order valence-electron chi connectivity index (χ4n) is 4.05. The summed E-state index contributed by atoms with van der Waals surface area (Å²) in [4.78, 5) is 96.2. The lowest BCUT2D eigenvalue weighted by atomic mass is 10.1. The maximum atomic E-state index is 12.2. The summed E-state index contributed by atoms with van der Waals surface area (Å²) in [7, 11) is 0. The van der Waals surface area contributed by atoms with Gasteiger partial charge in [0.15, 0.2) is 0 Å². The van der Waals surface area contributed by atoms with Crippen molar-refractivity contribution in [1.82, 2.24) is 42.5 Å². The molecule has 3 aromatic rings. The first-order valence-electron chi connectivity index (χ1n) is 15.4. The average molecular weight is 687 g/mol. The fraction of sp³-hybridized carbons (Fsp3) is 0.235. The lowest BCUT2D eigenvalue weighted by molar-refractivity contribution is -0.127. The van der Waals surface area contributed by atoms with Crippen LogP contribution in [0.3, 0.4) is 0 Å². The molecule has 262 valence electrons. The third-order valence-corrected chi connectivity index (χ3v) is 6.65. The Morgan fingerprint density at radius 1 is 0.340 bits per heavy atom. The number of hydrogen-bond donors (Lipinski definition) is 8. The first-order chi connectivity index (χ1) is 24.1. The van der Waals surface area contributed by atoms with Gasteiger partial charge in [0, 0.05) is 24.2 Å². The van der Waals surface area contributed by atoms with Gasteiger partial charge in [-0.25, -0.2) is 0 Å². The number of carbonyl (C=O) groups is 8. The Kier molecular flexibility index (Phi) is 15.6. The van der Waals surface area contributed by atoms with Gasteiger partial charge in [0.2, 0.25) is 35.4 Å². The van der Waals surface area contributed by atoms with Crippen molar-refractivity contribution in [2.24, 2.45) is 0 Å². The van der Waals surface area contributed by atoms with E-state index in [1.807, 2.05) is 0 Å². The lowest BCUT2D eigenvalue weighted by Gasteiger charge is -2.10. The van der Waals surface area contributed by atoms with Crippen molar-refractivity contribution in [3.05, 3.63) is 107 Å². The van der Waals surface area contributed by atoms with Crippen LogP contribution in [0.25, 0.3) is 0 Å². The molecule has 3 aromatic carbocycles. The van der Waals surface area contributed by atoms with E-state index in [1.54, 1.807) is 84.9 Å². The van der Waals surface area contributed by atoms with E-state index >= 15 is 0 Å². The zero-order valence-corrected chi connectivity index (χ0v) is 27.0. The molecule has 0 spiro atoms. The summed E-state index contributed by atoms with van der Waals surface area (Å²) in [5, 5.41) is 19.7. The highest BCUT2D eigenvalue weighted by atomic mass is 16.2. The Morgan fingerprint density at radius 3 is 0.980 bits per heavy atom. The summed E-state index contributed by atoms with van der Waals surface area (Å²) in [6.45, 7) is -1.75. The molecule has 0 aliphatic heterocycles. The number of carbonyl (C=O) groups excluding carboxylic acids is 8. The molecule has 50 heavy (non-hydrogen) atoms. The average Bonchev–Trinajstić information content (AvgIpc) is 3.14. The van der Waals surface area contributed by atoms with Crippen molar-refractivity contribution in [3.63, 3.8) is 0 Å². The minimum Gasteiger partial charge on any atom is -0.350 e.